The van der Waals surface area contributed by atoms with Gasteiger partial charge in [-0.1, -0.05) is 6.07 Å². The Bertz CT molecular complexity index is 718. The number of amides is 1. The molecule has 25 heavy (non-hydrogen) atoms. The van der Waals surface area contributed by atoms with Gasteiger partial charge in [-0.3, -0.25) is 4.79 Å². The lowest BCUT2D eigenvalue weighted by atomic mass is 10.1. The molecule has 1 amide bonds. The van der Waals surface area contributed by atoms with Gasteiger partial charge in [-0.15, -0.1) is 0 Å². The monoisotopic (exact) mass is 344 g/mol. The first-order valence-corrected chi connectivity index (χ1v) is 8.30. The fraction of sp³-hybridized carbons (Fsp3) is 0.368. The van der Waals surface area contributed by atoms with Crippen molar-refractivity contribution in [2.75, 3.05) is 20.3 Å². The summed E-state index contributed by atoms with van der Waals surface area (Å²) in [7, 11) is 1.49. The normalized spacial score (nSPS) is 11.5. The summed E-state index contributed by atoms with van der Waals surface area (Å²) in [5.41, 5.74) is 1.32. The maximum Gasteiger partial charge on any atom is 0.257 e. The number of hydrogen-bond donors (Lipinski definition) is 1. The van der Waals surface area contributed by atoms with Gasteiger partial charge in [0.2, 0.25) is 5.88 Å². The molecule has 0 fully saturated rings. The third-order valence-electron chi connectivity index (χ3n) is 3.62. The lowest BCUT2D eigenvalue weighted by Crippen LogP contribution is -2.27. The number of rotatable bonds is 8. The molecule has 1 N–H and O–H groups in total. The first kappa shape index (κ1) is 18.6. The molecule has 0 aliphatic carbocycles. The number of methoxy groups -OCH3 is 1. The van der Waals surface area contributed by atoms with Crippen molar-refractivity contribution >= 4 is 5.91 Å². The maximum absolute atomic E-state index is 12.5. The number of carbonyl (C=O) groups is 1. The van der Waals surface area contributed by atoms with Gasteiger partial charge in [0.25, 0.3) is 5.91 Å². The minimum absolute atomic E-state index is 0.215. The Morgan fingerprint density at radius 2 is 1.88 bits per heavy atom. The van der Waals surface area contributed by atoms with Crippen LogP contribution >= 0.6 is 0 Å². The molecule has 1 unspecified atom stereocenters. The van der Waals surface area contributed by atoms with E-state index >= 15 is 0 Å². The second-order valence-electron chi connectivity index (χ2n) is 5.33. The van der Waals surface area contributed by atoms with Gasteiger partial charge < -0.3 is 19.5 Å². The summed E-state index contributed by atoms with van der Waals surface area (Å²) in [6, 6.07) is 8.83. The molecule has 0 radical (unpaired) electrons. The smallest absolute Gasteiger partial charge is 0.257 e. The molecule has 0 bridgehead atoms. The van der Waals surface area contributed by atoms with Crippen molar-refractivity contribution < 1.29 is 19.0 Å². The van der Waals surface area contributed by atoms with E-state index in [0.717, 1.165) is 5.56 Å². The van der Waals surface area contributed by atoms with Crippen LogP contribution in [0.4, 0.5) is 0 Å². The molecule has 0 spiro atoms. The van der Waals surface area contributed by atoms with Crippen molar-refractivity contribution in [3.8, 4) is 17.4 Å². The molecular weight excluding hydrogens is 320 g/mol. The Morgan fingerprint density at radius 3 is 2.56 bits per heavy atom. The molecule has 1 heterocycles. The van der Waals surface area contributed by atoms with E-state index in [-0.39, 0.29) is 11.9 Å². The molecular formula is C19H24N2O4. The number of nitrogens with zero attached hydrogens (tertiary/aromatic N) is 1. The largest absolute Gasteiger partial charge is 0.490 e. The van der Waals surface area contributed by atoms with Crippen LogP contribution in [0.15, 0.2) is 36.5 Å². The standard InChI is InChI=1S/C19H24N2O4/c1-5-24-16-10-9-14(12-17(16)25-6-2)13(3)21-18(22)15-8-7-11-20-19(15)23-4/h7-13H,5-6H2,1-4H3,(H,21,22). The first-order chi connectivity index (χ1) is 12.1. The highest BCUT2D eigenvalue weighted by Crippen LogP contribution is 2.31. The number of benzene rings is 1. The highest BCUT2D eigenvalue weighted by atomic mass is 16.5. The molecule has 6 nitrogen and oxygen atoms in total. The quantitative estimate of drug-likeness (QED) is 0.795. The predicted molar refractivity (Wildman–Crippen MR) is 95.5 cm³/mol. The number of aromatic nitrogens is 1. The number of carbonyl (C=O) groups excluding carboxylic acids is 1. The Hall–Kier alpha value is -2.76. The molecule has 134 valence electrons. The lowest BCUT2D eigenvalue weighted by molar-refractivity contribution is 0.0936. The molecule has 0 saturated heterocycles. The molecule has 1 aromatic heterocycles. The van der Waals surface area contributed by atoms with Crippen LogP contribution in [-0.2, 0) is 0 Å². The van der Waals surface area contributed by atoms with Crippen LogP contribution in [-0.4, -0.2) is 31.2 Å². The Balaban J connectivity index is 2.18. The van der Waals surface area contributed by atoms with Crippen LogP contribution in [0.25, 0.3) is 0 Å². The van der Waals surface area contributed by atoms with Crippen molar-refractivity contribution in [2.24, 2.45) is 0 Å². The van der Waals surface area contributed by atoms with Gasteiger partial charge in [0, 0.05) is 6.20 Å². The van der Waals surface area contributed by atoms with E-state index < -0.39 is 0 Å². The van der Waals surface area contributed by atoms with Gasteiger partial charge in [-0.05, 0) is 50.6 Å². The topological polar surface area (TPSA) is 69.7 Å². The van der Waals surface area contributed by atoms with Gasteiger partial charge in [0.15, 0.2) is 11.5 Å². The van der Waals surface area contributed by atoms with E-state index in [1.807, 2.05) is 39.0 Å². The second-order valence-corrected chi connectivity index (χ2v) is 5.33. The fourth-order valence-electron chi connectivity index (χ4n) is 2.42. The Labute approximate surface area is 148 Å². The fourth-order valence-corrected chi connectivity index (χ4v) is 2.42. The molecule has 1 atom stereocenters. The van der Waals surface area contributed by atoms with Gasteiger partial charge in [-0.25, -0.2) is 4.98 Å². The zero-order valence-corrected chi connectivity index (χ0v) is 15.0. The maximum atomic E-state index is 12.5. The number of pyridine rings is 1. The summed E-state index contributed by atoms with van der Waals surface area (Å²) in [5, 5.41) is 2.95. The van der Waals surface area contributed by atoms with Crippen LogP contribution in [0.3, 0.4) is 0 Å². The number of ether oxygens (including phenoxy) is 3. The minimum atomic E-state index is -0.246. The van der Waals surface area contributed by atoms with E-state index in [1.165, 1.54) is 7.11 Å². The predicted octanol–water partition coefficient (Wildman–Crippen LogP) is 3.38. The SMILES string of the molecule is CCOc1ccc(C(C)NC(=O)c2cccnc2OC)cc1OCC. The van der Waals surface area contributed by atoms with Gasteiger partial charge in [-0.2, -0.15) is 0 Å². The van der Waals surface area contributed by atoms with Gasteiger partial charge in [0.1, 0.15) is 5.56 Å². The first-order valence-electron chi connectivity index (χ1n) is 8.30. The van der Waals surface area contributed by atoms with Crippen molar-refractivity contribution in [1.82, 2.24) is 10.3 Å². The molecule has 2 aromatic rings. The van der Waals surface area contributed by atoms with Gasteiger partial charge >= 0.3 is 0 Å². The van der Waals surface area contributed by atoms with Crippen LogP contribution in [0.5, 0.6) is 17.4 Å². The van der Waals surface area contributed by atoms with Crippen LogP contribution < -0.4 is 19.5 Å². The van der Waals surface area contributed by atoms with Gasteiger partial charge in [0.05, 0.1) is 26.4 Å². The summed E-state index contributed by atoms with van der Waals surface area (Å²) in [4.78, 5) is 16.6. The highest BCUT2D eigenvalue weighted by Gasteiger charge is 2.17. The van der Waals surface area contributed by atoms with Crippen molar-refractivity contribution in [3.63, 3.8) is 0 Å². The molecule has 1 aromatic carbocycles. The molecule has 6 heteroatoms. The molecule has 0 saturated carbocycles. The average Bonchev–Trinajstić information content (AvgIpc) is 2.63. The zero-order chi connectivity index (χ0) is 18.2. The summed E-state index contributed by atoms with van der Waals surface area (Å²) >= 11 is 0. The van der Waals surface area contributed by atoms with Crippen molar-refractivity contribution in [2.45, 2.75) is 26.8 Å². The van der Waals surface area contributed by atoms with Crippen LogP contribution in [0, 0.1) is 0 Å². The summed E-state index contributed by atoms with van der Waals surface area (Å²) < 4.78 is 16.3. The Kier molecular flexibility index (Phi) is 6.62. The second kappa shape index (κ2) is 8.92. The van der Waals surface area contributed by atoms with E-state index in [4.69, 9.17) is 14.2 Å². The number of nitrogens with one attached hydrogen (secondary N) is 1. The van der Waals surface area contributed by atoms with E-state index in [1.54, 1.807) is 18.3 Å². The van der Waals surface area contributed by atoms with Crippen LogP contribution in [0.2, 0.25) is 0 Å². The lowest BCUT2D eigenvalue weighted by Gasteiger charge is -2.18. The summed E-state index contributed by atoms with van der Waals surface area (Å²) in [6.07, 6.45) is 1.58. The highest BCUT2D eigenvalue weighted by molar-refractivity contribution is 5.96. The van der Waals surface area contributed by atoms with E-state index in [9.17, 15) is 4.79 Å². The third kappa shape index (κ3) is 4.62. The van der Waals surface area contributed by atoms with E-state index in [2.05, 4.69) is 10.3 Å². The Morgan fingerprint density at radius 1 is 1.16 bits per heavy atom. The summed E-state index contributed by atoms with van der Waals surface area (Å²) in [6.45, 7) is 6.85. The van der Waals surface area contributed by atoms with E-state index in [0.29, 0.717) is 36.2 Å². The minimum Gasteiger partial charge on any atom is -0.490 e. The van der Waals surface area contributed by atoms with Crippen molar-refractivity contribution in [3.05, 3.63) is 47.7 Å². The molecule has 0 aliphatic rings. The van der Waals surface area contributed by atoms with Crippen molar-refractivity contribution in [1.29, 1.82) is 0 Å². The van der Waals surface area contributed by atoms with Crippen LogP contribution in [0.1, 0.15) is 42.7 Å². The number of hydrogen-bond acceptors (Lipinski definition) is 5. The molecule has 0 aliphatic heterocycles. The molecule has 2 rings (SSSR count). The third-order valence-corrected chi connectivity index (χ3v) is 3.62. The zero-order valence-electron chi connectivity index (χ0n) is 15.0. The summed E-state index contributed by atoms with van der Waals surface area (Å²) in [5.74, 6) is 1.42. The average molecular weight is 344 g/mol.